The summed E-state index contributed by atoms with van der Waals surface area (Å²) in [4.78, 5) is 36.1. The van der Waals surface area contributed by atoms with Gasteiger partial charge in [-0.3, -0.25) is 4.79 Å². The topological polar surface area (TPSA) is 98.7 Å². The molecule has 0 aromatic heterocycles. The Labute approximate surface area is 129 Å². The van der Waals surface area contributed by atoms with Crippen LogP contribution in [0.4, 0.5) is 10.5 Å². The number of anilines is 1. The number of nitrogens with zero attached hydrogens (tertiary/aromatic N) is 1. The first-order chi connectivity index (χ1) is 9.88. The molecule has 0 spiro atoms. The number of carboxylic acid groups (broad SMARTS) is 1. The van der Waals surface area contributed by atoms with E-state index < -0.39 is 18.0 Å². The Morgan fingerprint density at radius 2 is 2.14 bits per heavy atom. The molecule has 1 aliphatic rings. The third-order valence-electron chi connectivity index (χ3n) is 3.16. The van der Waals surface area contributed by atoms with E-state index in [1.165, 1.54) is 17.0 Å². The van der Waals surface area contributed by atoms with Crippen LogP contribution in [0.5, 0.6) is 0 Å². The summed E-state index contributed by atoms with van der Waals surface area (Å²) < 4.78 is 0.544. The Morgan fingerprint density at radius 1 is 1.43 bits per heavy atom. The van der Waals surface area contributed by atoms with Crippen molar-refractivity contribution in [2.75, 3.05) is 18.4 Å². The third kappa shape index (κ3) is 3.52. The smallest absolute Gasteiger partial charge is 0.335 e. The molecule has 1 aliphatic heterocycles. The predicted molar refractivity (Wildman–Crippen MR) is 79.3 cm³/mol. The monoisotopic (exact) mass is 355 g/mol. The normalized spacial score (nSPS) is 18.1. The zero-order valence-corrected chi connectivity index (χ0v) is 12.8. The number of carboxylic acids is 1. The zero-order valence-electron chi connectivity index (χ0n) is 11.2. The van der Waals surface area contributed by atoms with Gasteiger partial charge >= 0.3 is 12.0 Å². The molecule has 1 aromatic carbocycles. The van der Waals surface area contributed by atoms with Gasteiger partial charge in [-0.1, -0.05) is 15.9 Å². The molecule has 0 radical (unpaired) electrons. The highest BCUT2D eigenvalue weighted by Gasteiger charge is 2.29. The highest BCUT2D eigenvalue weighted by atomic mass is 79.9. The van der Waals surface area contributed by atoms with E-state index in [4.69, 9.17) is 5.11 Å². The molecule has 1 atom stereocenters. The third-order valence-corrected chi connectivity index (χ3v) is 3.61. The van der Waals surface area contributed by atoms with Gasteiger partial charge in [0.15, 0.2) is 0 Å². The molecule has 2 rings (SSSR count). The second kappa shape index (κ2) is 6.13. The first kappa shape index (κ1) is 15.3. The summed E-state index contributed by atoms with van der Waals surface area (Å²) in [6, 6.07) is 3.39. The fourth-order valence-electron chi connectivity index (χ4n) is 2.04. The number of halogens is 1. The van der Waals surface area contributed by atoms with Crippen LogP contribution >= 0.6 is 15.9 Å². The highest BCUT2D eigenvalue weighted by Crippen LogP contribution is 2.20. The van der Waals surface area contributed by atoms with E-state index in [2.05, 4.69) is 26.6 Å². The second-order valence-electron chi connectivity index (χ2n) is 4.62. The van der Waals surface area contributed by atoms with Crippen molar-refractivity contribution < 1.29 is 19.5 Å². The van der Waals surface area contributed by atoms with E-state index in [1.54, 1.807) is 13.0 Å². The van der Waals surface area contributed by atoms with E-state index >= 15 is 0 Å². The van der Waals surface area contributed by atoms with Gasteiger partial charge in [-0.25, -0.2) is 9.59 Å². The molecule has 0 saturated carbocycles. The summed E-state index contributed by atoms with van der Waals surface area (Å²) in [5.74, 6) is -1.30. The van der Waals surface area contributed by atoms with E-state index in [-0.39, 0.29) is 11.5 Å². The summed E-state index contributed by atoms with van der Waals surface area (Å²) in [5.41, 5.74) is 0.411. The van der Waals surface area contributed by atoms with Gasteiger partial charge in [0.05, 0.1) is 5.56 Å². The lowest BCUT2D eigenvalue weighted by Crippen LogP contribution is -2.56. The van der Waals surface area contributed by atoms with Crippen LogP contribution in [0.3, 0.4) is 0 Å². The number of aromatic carboxylic acids is 1. The SMILES string of the molecule is CC1C(=O)NCCN1C(=O)Nc1cc(Br)cc(C(=O)O)c1. The Balaban J connectivity index is 2.16. The maximum Gasteiger partial charge on any atom is 0.335 e. The Hall–Kier alpha value is -2.09. The molecule has 0 aliphatic carbocycles. The molecule has 8 heteroatoms. The average molecular weight is 356 g/mol. The molecule has 3 amide bonds. The molecular weight excluding hydrogens is 342 g/mol. The van der Waals surface area contributed by atoms with Crippen molar-refractivity contribution in [3.63, 3.8) is 0 Å². The number of hydrogen-bond donors (Lipinski definition) is 3. The Morgan fingerprint density at radius 3 is 2.81 bits per heavy atom. The maximum atomic E-state index is 12.2. The lowest BCUT2D eigenvalue weighted by molar-refractivity contribution is -0.126. The van der Waals surface area contributed by atoms with Gasteiger partial charge in [-0.05, 0) is 25.1 Å². The van der Waals surface area contributed by atoms with Crippen LogP contribution in [-0.2, 0) is 4.79 Å². The summed E-state index contributed by atoms with van der Waals surface area (Å²) in [6.07, 6.45) is 0. The molecule has 1 heterocycles. The van der Waals surface area contributed by atoms with E-state index in [9.17, 15) is 14.4 Å². The minimum absolute atomic E-state index is 0.0594. The number of carbonyl (C=O) groups is 3. The van der Waals surface area contributed by atoms with Crippen LogP contribution in [0.15, 0.2) is 22.7 Å². The molecule has 1 aromatic rings. The fraction of sp³-hybridized carbons (Fsp3) is 0.308. The zero-order chi connectivity index (χ0) is 15.6. The summed E-state index contributed by atoms with van der Waals surface area (Å²) in [6.45, 7) is 2.44. The lowest BCUT2D eigenvalue weighted by atomic mass is 10.2. The molecule has 1 unspecified atom stereocenters. The van der Waals surface area contributed by atoms with Crippen molar-refractivity contribution in [3.05, 3.63) is 28.2 Å². The van der Waals surface area contributed by atoms with Crippen molar-refractivity contribution in [1.29, 1.82) is 0 Å². The number of hydrogen-bond acceptors (Lipinski definition) is 3. The van der Waals surface area contributed by atoms with Crippen molar-refractivity contribution in [2.24, 2.45) is 0 Å². The Bertz CT molecular complexity index is 605. The number of rotatable bonds is 2. The summed E-state index contributed by atoms with van der Waals surface area (Å²) in [7, 11) is 0. The molecular formula is C13H14BrN3O4. The van der Waals surface area contributed by atoms with Crippen LogP contribution in [0.2, 0.25) is 0 Å². The number of amides is 3. The second-order valence-corrected chi connectivity index (χ2v) is 5.54. The lowest BCUT2D eigenvalue weighted by Gasteiger charge is -2.32. The van der Waals surface area contributed by atoms with Gasteiger partial charge in [-0.15, -0.1) is 0 Å². The number of benzene rings is 1. The standard InChI is InChI=1S/C13H14BrN3O4/c1-7-11(18)15-2-3-17(7)13(21)16-10-5-8(12(19)20)4-9(14)6-10/h4-7H,2-3H2,1H3,(H,15,18)(H,16,21)(H,19,20). The van der Waals surface area contributed by atoms with Crippen molar-refractivity contribution in [3.8, 4) is 0 Å². The van der Waals surface area contributed by atoms with Crippen molar-refractivity contribution in [1.82, 2.24) is 10.2 Å². The molecule has 3 N–H and O–H groups in total. The molecule has 1 fully saturated rings. The average Bonchev–Trinajstić information content (AvgIpc) is 2.41. The van der Waals surface area contributed by atoms with Crippen LogP contribution in [-0.4, -0.2) is 47.0 Å². The fourth-order valence-corrected chi connectivity index (χ4v) is 2.53. The van der Waals surface area contributed by atoms with Crippen molar-refractivity contribution >= 4 is 39.5 Å². The van der Waals surface area contributed by atoms with Gasteiger partial charge in [0.25, 0.3) is 0 Å². The minimum atomic E-state index is -1.09. The van der Waals surface area contributed by atoms with Gasteiger partial charge in [0.2, 0.25) is 5.91 Å². The highest BCUT2D eigenvalue weighted by molar-refractivity contribution is 9.10. The molecule has 7 nitrogen and oxygen atoms in total. The van der Waals surface area contributed by atoms with Gasteiger partial charge < -0.3 is 20.6 Å². The van der Waals surface area contributed by atoms with Crippen LogP contribution in [0.25, 0.3) is 0 Å². The number of urea groups is 1. The van der Waals surface area contributed by atoms with Gasteiger partial charge in [0, 0.05) is 23.2 Å². The van der Waals surface area contributed by atoms with Gasteiger partial charge in [-0.2, -0.15) is 0 Å². The maximum absolute atomic E-state index is 12.2. The minimum Gasteiger partial charge on any atom is -0.478 e. The summed E-state index contributed by atoms with van der Waals surface area (Å²) in [5, 5.41) is 14.3. The summed E-state index contributed by atoms with van der Waals surface area (Å²) >= 11 is 3.20. The molecule has 0 bridgehead atoms. The quantitative estimate of drug-likeness (QED) is 0.748. The first-order valence-electron chi connectivity index (χ1n) is 6.27. The molecule has 1 saturated heterocycles. The van der Waals surface area contributed by atoms with Crippen LogP contribution < -0.4 is 10.6 Å². The number of nitrogens with one attached hydrogen (secondary N) is 2. The Kier molecular flexibility index (Phi) is 4.46. The van der Waals surface area contributed by atoms with Crippen molar-refractivity contribution in [2.45, 2.75) is 13.0 Å². The van der Waals surface area contributed by atoms with E-state index in [1.807, 2.05) is 0 Å². The van der Waals surface area contributed by atoms with E-state index in [0.717, 1.165) is 0 Å². The molecule has 21 heavy (non-hydrogen) atoms. The van der Waals surface area contributed by atoms with Gasteiger partial charge in [0.1, 0.15) is 6.04 Å². The number of carbonyl (C=O) groups excluding carboxylic acids is 2. The van der Waals surface area contributed by atoms with Crippen LogP contribution in [0.1, 0.15) is 17.3 Å². The van der Waals surface area contributed by atoms with E-state index in [0.29, 0.717) is 23.2 Å². The number of piperazine rings is 1. The van der Waals surface area contributed by atoms with Crippen LogP contribution in [0, 0.1) is 0 Å². The molecule has 112 valence electrons. The largest absolute Gasteiger partial charge is 0.478 e. The first-order valence-corrected chi connectivity index (χ1v) is 7.07. The predicted octanol–water partition coefficient (Wildman–Crippen LogP) is 1.50.